The van der Waals surface area contributed by atoms with E-state index in [1.54, 1.807) is 0 Å². The third-order valence-electron chi connectivity index (χ3n) is 3.61. The summed E-state index contributed by atoms with van der Waals surface area (Å²) in [6, 6.07) is 3.59. The van der Waals surface area contributed by atoms with Crippen LogP contribution in [0.3, 0.4) is 0 Å². The summed E-state index contributed by atoms with van der Waals surface area (Å²) in [6.07, 6.45) is 0. The minimum atomic E-state index is -3.72. The lowest BCUT2D eigenvalue weighted by Gasteiger charge is -2.33. The normalized spacial score (nSPS) is 17.8. The van der Waals surface area contributed by atoms with Crippen molar-refractivity contribution in [1.29, 1.82) is 0 Å². The highest BCUT2D eigenvalue weighted by Crippen LogP contribution is 2.27. The van der Waals surface area contributed by atoms with Crippen LogP contribution < -0.4 is 5.73 Å². The van der Waals surface area contributed by atoms with Crippen molar-refractivity contribution >= 4 is 21.4 Å². The molecule has 116 valence electrons. The fourth-order valence-corrected chi connectivity index (χ4v) is 3.72. The zero-order valence-corrected chi connectivity index (χ0v) is 12.5. The number of sulfonamides is 1. The number of nitrogens with zero attached hydrogens (tertiary/aromatic N) is 3. The Hall–Kier alpha value is -1.71. The highest BCUT2D eigenvalue weighted by molar-refractivity contribution is 7.89. The number of piperazine rings is 1. The summed E-state index contributed by atoms with van der Waals surface area (Å²) in [5, 5.41) is 10.9. The monoisotopic (exact) mass is 314 g/mol. The summed E-state index contributed by atoms with van der Waals surface area (Å²) in [5.41, 5.74) is 5.06. The molecule has 1 aliphatic heterocycles. The third-order valence-corrected chi connectivity index (χ3v) is 5.51. The Morgan fingerprint density at radius 1 is 1.29 bits per heavy atom. The zero-order valence-electron chi connectivity index (χ0n) is 11.7. The van der Waals surface area contributed by atoms with Crippen molar-refractivity contribution in [3.8, 4) is 0 Å². The van der Waals surface area contributed by atoms with Gasteiger partial charge in [-0.05, 0) is 18.7 Å². The standard InChI is InChI=1S/C12H18N4O4S/c1-2-14-5-7-15(8-6-14)21(19,20)10-3-4-11(13)12(9-10)16(17)18/h3-4,9H,2,5-8,13H2,1H3. The van der Waals surface area contributed by atoms with Crippen LogP contribution in [0.5, 0.6) is 0 Å². The largest absolute Gasteiger partial charge is 0.393 e. The molecule has 0 spiro atoms. The fourth-order valence-electron chi connectivity index (χ4n) is 2.28. The molecule has 0 aliphatic carbocycles. The number of nitro benzene ring substituents is 1. The van der Waals surface area contributed by atoms with E-state index in [0.717, 1.165) is 12.6 Å². The van der Waals surface area contributed by atoms with E-state index in [2.05, 4.69) is 4.90 Å². The number of nitro groups is 1. The Kier molecular flexibility index (Phi) is 4.45. The van der Waals surface area contributed by atoms with E-state index in [9.17, 15) is 18.5 Å². The van der Waals surface area contributed by atoms with Crippen molar-refractivity contribution in [2.24, 2.45) is 0 Å². The van der Waals surface area contributed by atoms with E-state index in [1.807, 2.05) is 6.92 Å². The molecule has 1 fully saturated rings. The van der Waals surface area contributed by atoms with Crippen LogP contribution in [0.4, 0.5) is 11.4 Å². The molecule has 0 unspecified atom stereocenters. The number of nitrogen functional groups attached to an aromatic ring is 1. The SMILES string of the molecule is CCN1CCN(S(=O)(=O)c2ccc(N)c([N+](=O)[O-])c2)CC1. The highest BCUT2D eigenvalue weighted by atomic mass is 32.2. The Balaban J connectivity index is 2.28. The predicted molar refractivity (Wildman–Crippen MR) is 78.4 cm³/mol. The number of benzene rings is 1. The number of anilines is 1. The molecule has 21 heavy (non-hydrogen) atoms. The van der Waals surface area contributed by atoms with Gasteiger partial charge < -0.3 is 10.6 Å². The first kappa shape index (κ1) is 15.7. The molecule has 0 atom stereocenters. The second-order valence-corrected chi connectivity index (χ2v) is 6.75. The molecule has 1 heterocycles. The van der Waals surface area contributed by atoms with Gasteiger partial charge in [-0.15, -0.1) is 0 Å². The molecule has 1 aromatic carbocycles. The van der Waals surface area contributed by atoms with Crippen molar-refractivity contribution in [3.63, 3.8) is 0 Å². The molecule has 0 saturated carbocycles. The molecular formula is C12H18N4O4S. The van der Waals surface area contributed by atoms with Gasteiger partial charge in [0.05, 0.1) is 9.82 Å². The highest BCUT2D eigenvalue weighted by Gasteiger charge is 2.29. The molecule has 0 bridgehead atoms. The van der Waals surface area contributed by atoms with Gasteiger partial charge in [0.25, 0.3) is 5.69 Å². The summed E-state index contributed by atoms with van der Waals surface area (Å²) >= 11 is 0. The fraction of sp³-hybridized carbons (Fsp3) is 0.500. The van der Waals surface area contributed by atoms with E-state index in [0.29, 0.717) is 26.2 Å². The van der Waals surface area contributed by atoms with Crippen LogP contribution in [0.2, 0.25) is 0 Å². The van der Waals surface area contributed by atoms with Crippen LogP contribution in [-0.4, -0.2) is 55.3 Å². The van der Waals surface area contributed by atoms with Crippen molar-refractivity contribution in [3.05, 3.63) is 28.3 Å². The predicted octanol–water partition coefficient (Wildman–Crippen LogP) is 0.503. The minimum absolute atomic E-state index is 0.0465. The average Bonchev–Trinajstić information content (AvgIpc) is 2.47. The Morgan fingerprint density at radius 2 is 1.90 bits per heavy atom. The second kappa shape index (κ2) is 5.96. The summed E-state index contributed by atoms with van der Waals surface area (Å²) in [7, 11) is -3.72. The van der Waals surface area contributed by atoms with Gasteiger partial charge in [0.1, 0.15) is 5.69 Å². The smallest absolute Gasteiger partial charge is 0.293 e. The second-order valence-electron chi connectivity index (χ2n) is 4.82. The van der Waals surface area contributed by atoms with Gasteiger partial charge >= 0.3 is 0 Å². The molecule has 1 aromatic rings. The van der Waals surface area contributed by atoms with Crippen molar-refractivity contribution < 1.29 is 13.3 Å². The molecule has 0 radical (unpaired) electrons. The number of nitrogens with two attached hydrogens (primary N) is 1. The van der Waals surface area contributed by atoms with E-state index in [4.69, 9.17) is 5.73 Å². The number of rotatable bonds is 4. The van der Waals surface area contributed by atoms with E-state index in [-0.39, 0.29) is 16.3 Å². The molecule has 8 nitrogen and oxygen atoms in total. The lowest BCUT2D eigenvalue weighted by molar-refractivity contribution is -0.384. The maximum absolute atomic E-state index is 12.5. The molecule has 0 aromatic heterocycles. The van der Waals surface area contributed by atoms with Crippen molar-refractivity contribution in [2.45, 2.75) is 11.8 Å². The summed E-state index contributed by atoms with van der Waals surface area (Å²) in [6.45, 7) is 4.98. The van der Waals surface area contributed by atoms with Crippen LogP contribution in [0, 0.1) is 10.1 Å². The molecule has 1 aliphatic rings. The summed E-state index contributed by atoms with van der Waals surface area (Å²) in [5.74, 6) is 0. The lowest BCUT2D eigenvalue weighted by atomic mass is 10.3. The maximum Gasteiger partial charge on any atom is 0.293 e. The quantitative estimate of drug-likeness (QED) is 0.492. The topological polar surface area (TPSA) is 110 Å². The maximum atomic E-state index is 12.5. The summed E-state index contributed by atoms with van der Waals surface area (Å²) in [4.78, 5) is 12.3. The van der Waals surface area contributed by atoms with Gasteiger partial charge in [0.15, 0.2) is 0 Å². The number of hydrogen-bond acceptors (Lipinski definition) is 6. The van der Waals surface area contributed by atoms with Gasteiger partial charge in [-0.1, -0.05) is 6.92 Å². The van der Waals surface area contributed by atoms with Gasteiger partial charge in [-0.3, -0.25) is 10.1 Å². The van der Waals surface area contributed by atoms with E-state index < -0.39 is 14.9 Å². The Bertz CT molecular complexity index is 639. The van der Waals surface area contributed by atoms with E-state index >= 15 is 0 Å². The Morgan fingerprint density at radius 3 is 2.43 bits per heavy atom. The van der Waals surface area contributed by atoms with Crippen LogP contribution >= 0.6 is 0 Å². The van der Waals surface area contributed by atoms with Gasteiger partial charge in [-0.25, -0.2) is 8.42 Å². The van der Waals surface area contributed by atoms with Crippen LogP contribution in [0.15, 0.2) is 23.1 Å². The number of likely N-dealkylation sites (N-methyl/N-ethyl adjacent to an activating group) is 1. The average molecular weight is 314 g/mol. The lowest BCUT2D eigenvalue weighted by Crippen LogP contribution is -2.48. The number of hydrogen-bond donors (Lipinski definition) is 1. The molecular weight excluding hydrogens is 296 g/mol. The zero-order chi connectivity index (χ0) is 15.6. The first-order valence-electron chi connectivity index (χ1n) is 6.62. The van der Waals surface area contributed by atoms with Crippen LogP contribution in [0.1, 0.15) is 6.92 Å². The summed E-state index contributed by atoms with van der Waals surface area (Å²) < 4.78 is 26.4. The molecule has 2 N–H and O–H groups in total. The van der Waals surface area contributed by atoms with Crippen molar-refractivity contribution in [2.75, 3.05) is 38.5 Å². The van der Waals surface area contributed by atoms with Crippen LogP contribution in [-0.2, 0) is 10.0 Å². The van der Waals surface area contributed by atoms with Gasteiger partial charge in [0.2, 0.25) is 10.0 Å². The molecule has 2 rings (SSSR count). The first-order chi connectivity index (χ1) is 9.86. The minimum Gasteiger partial charge on any atom is -0.393 e. The Labute approximate surface area is 123 Å². The molecule has 0 amide bonds. The van der Waals surface area contributed by atoms with E-state index in [1.165, 1.54) is 16.4 Å². The van der Waals surface area contributed by atoms with Crippen LogP contribution in [0.25, 0.3) is 0 Å². The van der Waals surface area contributed by atoms with Crippen molar-refractivity contribution in [1.82, 2.24) is 9.21 Å². The molecule has 9 heteroatoms. The third kappa shape index (κ3) is 3.14. The first-order valence-corrected chi connectivity index (χ1v) is 8.06. The van der Waals surface area contributed by atoms with Gasteiger partial charge in [0, 0.05) is 32.2 Å². The van der Waals surface area contributed by atoms with Gasteiger partial charge in [-0.2, -0.15) is 4.31 Å². The molecule has 1 saturated heterocycles.